The van der Waals surface area contributed by atoms with Crippen LogP contribution in [0.3, 0.4) is 0 Å². The van der Waals surface area contributed by atoms with E-state index < -0.39 is 0 Å². The number of aromatic nitrogens is 3. The molecule has 0 spiro atoms. The third-order valence-corrected chi connectivity index (χ3v) is 3.38. The molecule has 1 N–H and O–H groups in total. The molecule has 0 fully saturated rings. The number of fused-ring (bicyclic) bond motifs is 1. The second kappa shape index (κ2) is 4.33. The van der Waals surface area contributed by atoms with Crippen molar-refractivity contribution in [1.29, 1.82) is 0 Å². The highest BCUT2D eigenvalue weighted by Gasteiger charge is 2.25. The Hall–Kier alpha value is -2.04. The van der Waals surface area contributed by atoms with Crippen LogP contribution < -0.4 is 10.1 Å². The van der Waals surface area contributed by atoms with E-state index in [1.165, 1.54) is 5.56 Å². The number of hydrogen-bond donors (Lipinski definition) is 1. The third kappa shape index (κ3) is 1.72. The highest BCUT2D eigenvalue weighted by atomic mass is 16.5. The average Bonchev–Trinajstić information content (AvgIpc) is 2.79. The number of ether oxygens (including phenoxy) is 1. The van der Waals surface area contributed by atoms with E-state index in [1.54, 1.807) is 0 Å². The molecule has 0 aliphatic carbocycles. The van der Waals surface area contributed by atoms with Crippen molar-refractivity contribution in [3.8, 4) is 5.75 Å². The minimum absolute atomic E-state index is 0.263. The van der Waals surface area contributed by atoms with E-state index in [4.69, 9.17) is 4.74 Å². The zero-order valence-electron chi connectivity index (χ0n) is 10.6. The van der Waals surface area contributed by atoms with Crippen molar-refractivity contribution in [3.63, 3.8) is 0 Å². The zero-order valence-corrected chi connectivity index (χ0v) is 10.6. The van der Waals surface area contributed by atoms with Gasteiger partial charge in [-0.05, 0) is 18.1 Å². The predicted octanol–water partition coefficient (Wildman–Crippen LogP) is 1.58. The summed E-state index contributed by atoms with van der Waals surface area (Å²) in [6.07, 6.45) is 0.950. The number of nitrogens with zero attached hydrogens (tertiary/aromatic N) is 3. The first kappa shape index (κ1) is 11.1. The molecule has 3 rings (SSSR count). The summed E-state index contributed by atoms with van der Waals surface area (Å²) in [6.45, 7) is 0.659. The summed E-state index contributed by atoms with van der Waals surface area (Å²) < 4.78 is 7.77. The van der Waals surface area contributed by atoms with E-state index in [2.05, 4.69) is 21.6 Å². The lowest BCUT2D eigenvalue weighted by Gasteiger charge is -2.24. The fourth-order valence-corrected chi connectivity index (χ4v) is 2.41. The molecule has 5 nitrogen and oxygen atoms in total. The monoisotopic (exact) mass is 244 g/mol. The number of nitrogens with one attached hydrogen (secondary N) is 1. The molecule has 94 valence electrons. The average molecular weight is 244 g/mol. The van der Waals surface area contributed by atoms with Gasteiger partial charge in [0.25, 0.3) is 0 Å². The number of anilines is 1. The molecule has 18 heavy (non-hydrogen) atoms. The van der Waals surface area contributed by atoms with Crippen LogP contribution in [0.2, 0.25) is 0 Å². The molecule has 1 atom stereocenters. The van der Waals surface area contributed by atoms with Crippen LogP contribution in [0, 0.1) is 0 Å². The van der Waals surface area contributed by atoms with Crippen molar-refractivity contribution in [2.45, 2.75) is 12.3 Å². The Morgan fingerprint density at radius 1 is 1.33 bits per heavy atom. The summed E-state index contributed by atoms with van der Waals surface area (Å²) in [7, 11) is 3.82. The molecule has 0 amide bonds. The summed E-state index contributed by atoms with van der Waals surface area (Å²) in [6, 6.07) is 8.17. The van der Waals surface area contributed by atoms with Gasteiger partial charge in [0.05, 0.1) is 12.5 Å². The van der Waals surface area contributed by atoms with E-state index >= 15 is 0 Å². The Bertz CT molecular complexity index is 564. The van der Waals surface area contributed by atoms with Crippen molar-refractivity contribution < 1.29 is 4.74 Å². The Balaban J connectivity index is 1.89. The lowest BCUT2D eigenvalue weighted by molar-refractivity contribution is 0.255. The Morgan fingerprint density at radius 2 is 2.17 bits per heavy atom. The van der Waals surface area contributed by atoms with Gasteiger partial charge in [-0.15, -0.1) is 10.2 Å². The maximum Gasteiger partial charge on any atom is 0.224 e. The number of benzene rings is 1. The molecule has 1 aliphatic rings. The molecular weight excluding hydrogens is 228 g/mol. The summed E-state index contributed by atoms with van der Waals surface area (Å²) in [5, 5.41) is 11.4. The smallest absolute Gasteiger partial charge is 0.224 e. The number of rotatable bonds is 2. The first-order valence-corrected chi connectivity index (χ1v) is 6.07. The summed E-state index contributed by atoms with van der Waals surface area (Å²) in [5.41, 5.74) is 1.24. The molecular formula is C13H16N4O. The number of hydrogen-bond acceptors (Lipinski definition) is 4. The number of para-hydroxylation sites is 1. The van der Waals surface area contributed by atoms with Crippen LogP contribution in [0.5, 0.6) is 5.75 Å². The molecule has 1 aromatic carbocycles. The molecule has 1 aliphatic heterocycles. The van der Waals surface area contributed by atoms with Gasteiger partial charge in [0.15, 0.2) is 0 Å². The molecule has 0 radical (unpaired) electrons. The fraction of sp³-hybridized carbons (Fsp3) is 0.385. The summed E-state index contributed by atoms with van der Waals surface area (Å²) in [4.78, 5) is 0. The van der Waals surface area contributed by atoms with Gasteiger partial charge >= 0.3 is 0 Å². The van der Waals surface area contributed by atoms with Crippen molar-refractivity contribution >= 4 is 5.95 Å². The molecule has 2 heterocycles. The van der Waals surface area contributed by atoms with Crippen LogP contribution in [0.1, 0.15) is 17.3 Å². The normalized spacial score (nSPS) is 18.0. The van der Waals surface area contributed by atoms with Gasteiger partial charge in [-0.3, -0.25) is 0 Å². The van der Waals surface area contributed by atoms with Crippen LogP contribution in [-0.4, -0.2) is 28.4 Å². The molecule has 1 aromatic heterocycles. The third-order valence-electron chi connectivity index (χ3n) is 3.38. The van der Waals surface area contributed by atoms with E-state index in [1.807, 2.05) is 36.9 Å². The first-order valence-electron chi connectivity index (χ1n) is 6.07. The van der Waals surface area contributed by atoms with Gasteiger partial charge < -0.3 is 14.6 Å². The molecule has 2 aromatic rings. The van der Waals surface area contributed by atoms with Crippen LogP contribution in [0.15, 0.2) is 24.3 Å². The van der Waals surface area contributed by atoms with Gasteiger partial charge in [-0.1, -0.05) is 18.2 Å². The predicted molar refractivity (Wildman–Crippen MR) is 68.9 cm³/mol. The van der Waals surface area contributed by atoms with Crippen LogP contribution in [0.4, 0.5) is 5.95 Å². The second-order valence-electron chi connectivity index (χ2n) is 4.51. The molecule has 0 saturated carbocycles. The molecule has 0 bridgehead atoms. The maximum absolute atomic E-state index is 5.79. The Kier molecular flexibility index (Phi) is 2.66. The minimum atomic E-state index is 0.263. The summed E-state index contributed by atoms with van der Waals surface area (Å²) >= 11 is 0. The maximum atomic E-state index is 5.79. The van der Waals surface area contributed by atoms with Crippen molar-refractivity contribution in [3.05, 3.63) is 35.7 Å². The van der Waals surface area contributed by atoms with Gasteiger partial charge in [0.1, 0.15) is 11.6 Å². The van der Waals surface area contributed by atoms with E-state index in [0.29, 0.717) is 6.61 Å². The quantitative estimate of drug-likeness (QED) is 0.871. The van der Waals surface area contributed by atoms with E-state index in [9.17, 15) is 0 Å². The largest absolute Gasteiger partial charge is 0.493 e. The topological polar surface area (TPSA) is 52.0 Å². The van der Waals surface area contributed by atoms with Gasteiger partial charge in [0, 0.05) is 14.1 Å². The standard InChI is InChI=1S/C13H16N4O/c1-14-13-16-15-12(17(13)2)10-7-9-5-3-4-6-11(9)18-8-10/h3-6,10H,7-8H2,1-2H3,(H,14,16). The lowest BCUT2D eigenvalue weighted by atomic mass is 9.96. The lowest BCUT2D eigenvalue weighted by Crippen LogP contribution is -2.22. The Labute approximate surface area is 106 Å². The van der Waals surface area contributed by atoms with Crippen LogP contribution in [0.25, 0.3) is 0 Å². The zero-order chi connectivity index (χ0) is 12.5. The molecule has 0 saturated heterocycles. The minimum Gasteiger partial charge on any atom is -0.493 e. The second-order valence-corrected chi connectivity index (χ2v) is 4.51. The highest BCUT2D eigenvalue weighted by molar-refractivity contribution is 5.37. The van der Waals surface area contributed by atoms with Crippen molar-refractivity contribution in [2.24, 2.45) is 7.05 Å². The van der Waals surface area contributed by atoms with Gasteiger partial charge in [-0.2, -0.15) is 0 Å². The first-order chi connectivity index (χ1) is 8.79. The Morgan fingerprint density at radius 3 is 2.94 bits per heavy atom. The van der Waals surface area contributed by atoms with Crippen LogP contribution in [-0.2, 0) is 13.5 Å². The van der Waals surface area contributed by atoms with E-state index in [-0.39, 0.29) is 5.92 Å². The molecule has 5 heteroatoms. The van der Waals surface area contributed by atoms with Gasteiger partial charge in [0.2, 0.25) is 5.95 Å². The van der Waals surface area contributed by atoms with E-state index in [0.717, 1.165) is 23.9 Å². The summed E-state index contributed by atoms with van der Waals surface area (Å²) in [5.74, 6) is 3.00. The van der Waals surface area contributed by atoms with Crippen molar-refractivity contribution in [2.75, 3.05) is 19.0 Å². The van der Waals surface area contributed by atoms with Crippen LogP contribution >= 0.6 is 0 Å². The molecule has 1 unspecified atom stereocenters. The van der Waals surface area contributed by atoms with Crippen molar-refractivity contribution in [1.82, 2.24) is 14.8 Å². The fourth-order valence-electron chi connectivity index (χ4n) is 2.41. The SMILES string of the molecule is CNc1nnc(C2COc3ccccc3C2)n1C. The highest BCUT2D eigenvalue weighted by Crippen LogP contribution is 2.31. The van der Waals surface area contributed by atoms with Gasteiger partial charge in [-0.25, -0.2) is 0 Å².